The summed E-state index contributed by atoms with van der Waals surface area (Å²) < 4.78 is 5.36. The molecule has 1 aromatic rings. The van der Waals surface area contributed by atoms with Gasteiger partial charge in [-0.1, -0.05) is 39.0 Å². The Morgan fingerprint density at radius 1 is 1.35 bits per heavy atom. The molecule has 0 fully saturated rings. The summed E-state index contributed by atoms with van der Waals surface area (Å²) >= 11 is 0. The van der Waals surface area contributed by atoms with Gasteiger partial charge in [0.05, 0.1) is 6.10 Å². The van der Waals surface area contributed by atoms with Gasteiger partial charge in [0.2, 0.25) is 0 Å². The third-order valence-corrected chi connectivity index (χ3v) is 2.81. The quantitative estimate of drug-likeness (QED) is 0.803. The van der Waals surface area contributed by atoms with Crippen molar-refractivity contribution in [1.29, 1.82) is 5.26 Å². The lowest BCUT2D eigenvalue weighted by Gasteiger charge is -2.22. The van der Waals surface area contributed by atoms with Crippen LogP contribution in [0.5, 0.6) is 5.75 Å². The lowest BCUT2D eigenvalue weighted by Crippen LogP contribution is -2.30. The monoisotopic (exact) mass is 276 g/mol. The molecule has 0 heterocycles. The molecule has 1 atom stereocenters. The van der Waals surface area contributed by atoms with Crippen molar-refractivity contribution >= 4 is 0 Å². The van der Waals surface area contributed by atoms with Crippen LogP contribution in [0.2, 0.25) is 0 Å². The molecule has 0 aliphatic heterocycles. The van der Waals surface area contributed by atoms with Gasteiger partial charge >= 0.3 is 0 Å². The number of hydrogen-bond donors (Lipinski definition) is 2. The first-order valence-electron chi connectivity index (χ1n) is 6.89. The number of hydrogen-bond acceptors (Lipinski definition) is 4. The molecule has 0 spiro atoms. The number of rotatable bonds is 7. The van der Waals surface area contributed by atoms with Gasteiger partial charge in [0.15, 0.2) is 6.61 Å². The van der Waals surface area contributed by atoms with Crippen LogP contribution in [0.25, 0.3) is 0 Å². The summed E-state index contributed by atoms with van der Waals surface area (Å²) in [6.07, 6.45) is 0.397. The first-order valence-corrected chi connectivity index (χ1v) is 6.89. The third kappa shape index (κ3) is 6.55. The number of para-hydroxylation sites is 1. The summed E-state index contributed by atoms with van der Waals surface area (Å²) in [5.74, 6) is 0.715. The van der Waals surface area contributed by atoms with Crippen LogP contribution in [0.15, 0.2) is 24.3 Å². The summed E-state index contributed by atoms with van der Waals surface area (Å²) in [6.45, 7) is 7.54. The lowest BCUT2D eigenvalue weighted by atomic mass is 9.89. The topological polar surface area (TPSA) is 65.3 Å². The van der Waals surface area contributed by atoms with E-state index in [0.717, 1.165) is 12.0 Å². The summed E-state index contributed by atoms with van der Waals surface area (Å²) in [7, 11) is 0. The van der Waals surface area contributed by atoms with Gasteiger partial charge < -0.3 is 15.2 Å². The Labute approximate surface area is 121 Å². The molecule has 2 N–H and O–H groups in total. The van der Waals surface area contributed by atoms with Crippen molar-refractivity contribution in [2.45, 2.75) is 39.8 Å². The van der Waals surface area contributed by atoms with Crippen molar-refractivity contribution in [3.8, 4) is 11.8 Å². The molecule has 20 heavy (non-hydrogen) atoms. The molecule has 1 aromatic carbocycles. The number of nitrogens with zero attached hydrogens (tertiary/aromatic N) is 1. The van der Waals surface area contributed by atoms with E-state index in [0.29, 0.717) is 18.8 Å². The first kappa shape index (κ1) is 16.5. The standard InChI is InChI=1S/C16H24N2O2/c1-16(2,3)10-14(19)12-18-11-13-6-4-5-7-15(13)20-9-8-17/h4-7,14,18-19H,9-12H2,1-3H3. The third-order valence-electron chi connectivity index (χ3n) is 2.81. The van der Waals surface area contributed by atoms with E-state index in [1.165, 1.54) is 0 Å². The summed E-state index contributed by atoms with van der Waals surface area (Å²) in [5, 5.41) is 21.7. The molecule has 0 aliphatic carbocycles. The highest BCUT2D eigenvalue weighted by molar-refractivity contribution is 5.33. The van der Waals surface area contributed by atoms with Crippen molar-refractivity contribution in [3.63, 3.8) is 0 Å². The molecule has 0 aromatic heterocycles. The summed E-state index contributed by atoms with van der Waals surface area (Å²) in [6, 6.07) is 9.57. The van der Waals surface area contributed by atoms with Crippen LogP contribution in [-0.4, -0.2) is 24.4 Å². The van der Waals surface area contributed by atoms with E-state index in [2.05, 4.69) is 26.1 Å². The molecule has 0 saturated heterocycles. The molecule has 4 nitrogen and oxygen atoms in total. The Hall–Kier alpha value is -1.57. The fraction of sp³-hybridized carbons (Fsp3) is 0.562. The van der Waals surface area contributed by atoms with Crippen LogP contribution in [0.1, 0.15) is 32.8 Å². The molecule has 110 valence electrons. The van der Waals surface area contributed by atoms with Gasteiger partial charge in [0.25, 0.3) is 0 Å². The van der Waals surface area contributed by atoms with Crippen molar-refractivity contribution in [1.82, 2.24) is 5.32 Å². The molecule has 0 radical (unpaired) electrons. The minimum atomic E-state index is -0.359. The average molecular weight is 276 g/mol. The smallest absolute Gasteiger partial charge is 0.174 e. The molecule has 0 amide bonds. The van der Waals surface area contributed by atoms with Gasteiger partial charge in [-0.15, -0.1) is 0 Å². The molecule has 1 unspecified atom stereocenters. The van der Waals surface area contributed by atoms with Crippen LogP contribution in [-0.2, 0) is 6.54 Å². The average Bonchev–Trinajstić information content (AvgIpc) is 2.35. The largest absolute Gasteiger partial charge is 0.478 e. The van der Waals surface area contributed by atoms with Crippen LogP contribution >= 0.6 is 0 Å². The Kier molecular flexibility index (Phi) is 6.50. The second kappa shape index (κ2) is 7.88. The number of ether oxygens (including phenoxy) is 1. The maximum Gasteiger partial charge on any atom is 0.174 e. The van der Waals surface area contributed by atoms with E-state index in [1.54, 1.807) is 0 Å². The van der Waals surface area contributed by atoms with Crippen LogP contribution in [0, 0.1) is 16.7 Å². The molecule has 0 saturated carbocycles. The maximum atomic E-state index is 9.94. The zero-order valence-corrected chi connectivity index (χ0v) is 12.5. The van der Waals surface area contributed by atoms with Gasteiger partial charge in [0.1, 0.15) is 11.8 Å². The molecular formula is C16H24N2O2. The van der Waals surface area contributed by atoms with Gasteiger partial charge in [-0.25, -0.2) is 0 Å². The minimum absolute atomic E-state index is 0.0453. The van der Waals surface area contributed by atoms with Crippen molar-refractivity contribution in [2.24, 2.45) is 5.41 Å². The molecular weight excluding hydrogens is 252 g/mol. The minimum Gasteiger partial charge on any atom is -0.478 e. The van der Waals surface area contributed by atoms with Crippen LogP contribution in [0.4, 0.5) is 0 Å². The Bertz CT molecular complexity index is 447. The van der Waals surface area contributed by atoms with Crippen molar-refractivity contribution < 1.29 is 9.84 Å². The molecule has 1 rings (SSSR count). The lowest BCUT2D eigenvalue weighted by molar-refractivity contribution is 0.119. The number of nitrogens with one attached hydrogen (secondary N) is 1. The second-order valence-electron chi connectivity index (χ2n) is 6.10. The van der Waals surface area contributed by atoms with Crippen molar-refractivity contribution in [3.05, 3.63) is 29.8 Å². The van der Waals surface area contributed by atoms with E-state index >= 15 is 0 Å². The normalized spacial score (nSPS) is 12.8. The number of aliphatic hydroxyl groups excluding tert-OH is 1. The van der Waals surface area contributed by atoms with Crippen molar-refractivity contribution in [2.75, 3.05) is 13.2 Å². The van der Waals surface area contributed by atoms with Gasteiger partial charge in [-0.3, -0.25) is 0 Å². The van der Waals surface area contributed by atoms with Crippen LogP contribution < -0.4 is 10.1 Å². The fourth-order valence-corrected chi connectivity index (χ4v) is 2.05. The van der Waals surface area contributed by atoms with Crippen LogP contribution in [0.3, 0.4) is 0 Å². The van der Waals surface area contributed by atoms with E-state index in [4.69, 9.17) is 10.00 Å². The molecule has 0 aliphatic rings. The van der Waals surface area contributed by atoms with E-state index in [9.17, 15) is 5.11 Å². The highest BCUT2D eigenvalue weighted by Crippen LogP contribution is 2.21. The molecule has 0 bridgehead atoms. The predicted octanol–water partition coefficient (Wildman–Crippen LogP) is 2.48. The Balaban J connectivity index is 2.44. The Morgan fingerprint density at radius 3 is 2.70 bits per heavy atom. The fourth-order valence-electron chi connectivity index (χ4n) is 2.05. The van der Waals surface area contributed by atoms with Gasteiger partial charge in [-0.2, -0.15) is 5.26 Å². The number of benzene rings is 1. The summed E-state index contributed by atoms with van der Waals surface area (Å²) in [4.78, 5) is 0. The Morgan fingerprint density at radius 2 is 2.05 bits per heavy atom. The molecule has 4 heteroatoms. The predicted molar refractivity (Wildman–Crippen MR) is 79.3 cm³/mol. The SMILES string of the molecule is CC(C)(C)CC(O)CNCc1ccccc1OCC#N. The van der Waals surface area contributed by atoms with E-state index in [-0.39, 0.29) is 18.1 Å². The summed E-state index contributed by atoms with van der Waals surface area (Å²) in [5.41, 5.74) is 1.11. The van der Waals surface area contributed by atoms with E-state index in [1.807, 2.05) is 30.3 Å². The number of nitriles is 1. The maximum absolute atomic E-state index is 9.94. The zero-order chi connectivity index (χ0) is 15.0. The highest BCUT2D eigenvalue weighted by atomic mass is 16.5. The highest BCUT2D eigenvalue weighted by Gasteiger charge is 2.16. The van der Waals surface area contributed by atoms with Gasteiger partial charge in [0, 0.05) is 18.7 Å². The van der Waals surface area contributed by atoms with E-state index < -0.39 is 0 Å². The first-order chi connectivity index (χ1) is 9.42. The second-order valence-corrected chi connectivity index (χ2v) is 6.10. The number of aliphatic hydroxyl groups is 1. The zero-order valence-electron chi connectivity index (χ0n) is 12.5. The van der Waals surface area contributed by atoms with Gasteiger partial charge in [-0.05, 0) is 17.9 Å².